The molecule has 5 heteroatoms. The van der Waals surface area contributed by atoms with Gasteiger partial charge in [0.25, 0.3) is 5.91 Å². The van der Waals surface area contributed by atoms with Crippen molar-refractivity contribution in [1.29, 1.82) is 0 Å². The molecule has 2 rings (SSSR count). The lowest BCUT2D eigenvalue weighted by molar-refractivity contribution is -0.299. The molecular formula is C17H13FNO3-. The van der Waals surface area contributed by atoms with E-state index in [1.165, 1.54) is 30.3 Å². The van der Waals surface area contributed by atoms with Crippen molar-refractivity contribution in [2.75, 3.05) is 0 Å². The highest BCUT2D eigenvalue weighted by Crippen LogP contribution is 2.08. The van der Waals surface area contributed by atoms with Crippen LogP contribution in [-0.2, 0) is 4.79 Å². The number of nitrogens with one attached hydrogen (secondary N) is 1. The Morgan fingerprint density at radius 3 is 2.18 bits per heavy atom. The van der Waals surface area contributed by atoms with E-state index in [2.05, 4.69) is 5.32 Å². The number of amides is 1. The molecule has 0 spiro atoms. The van der Waals surface area contributed by atoms with Gasteiger partial charge in [0, 0.05) is 5.56 Å². The van der Waals surface area contributed by atoms with Gasteiger partial charge in [-0.05, 0) is 42.8 Å². The second kappa shape index (κ2) is 6.67. The van der Waals surface area contributed by atoms with Crippen LogP contribution in [-0.4, -0.2) is 11.9 Å². The molecule has 0 aliphatic heterocycles. The molecule has 0 bridgehead atoms. The Morgan fingerprint density at radius 1 is 1.05 bits per heavy atom. The van der Waals surface area contributed by atoms with Gasteiger partial charge in [0.1, 0.15) is 5.82 Å². The predicted molar refractivity (Wildman–Crippen MR) is 78.0 cm³/mol. The first-order valence-corrected chi connectivity index (χ1v) is 6.52. The number of carbonyl (C=O) groups is 2. The Labute approximate surface area is 126 Å². The maximum Gasteiger partial charge on any atom is 0.255 e. The van der Waals surface area contributed by atoms with Crippen molar-refractivity contribution in [3.05, 3.63) is 76.7 Å². The lowest BCUT2D eigenvalue weighted by Crippen LogP contribution is -2.35. The molecule has 112 valence electrons. The molecule has 0 aromatic heterocycles. The zero-order valence-corrected chi connectivity index (χ0v) is 11.8. The fourth-order valence-electron chi connectivity index (χ4n) is 1.77. The van der Waals surface area contributed by atoms with Crippen molar-refractivity contribution in [2.24, 2.45) is 0 Å². The van der Waals surface area contributed by atoms with E-state index in [1.54, 1.807) is 24.3 Å². The first-order valence-electron chi connectivity index (χ1n) is 6.52. The van der Waals surface area contributed by atoms with Crippen LogP contribution in [0, 0.1) is 12.7 Å². The van der Waals surface area contributed by atoms with Crippen molar-refractivity contribution in [3.8, 4) is 0 Å². The predicted octanol–water partition coefficient (Wildman–Crippen LogP) is 1.65. The second-order valence-corrected chi connectivity index (χ2v) is 4.72. The molecule has 22 heavy (non-hydrogen) atoms. The van der Waals surface area contributed by atoms with Crippen LogP contribution in [0.2, 0.25) is 0 Å². The third-order valence-electron chi connectivity index (χ3n) is 2.96. The number of rotatable bonds is 4. The molecule has 4 nitrogen and oxygen atoms in total. The van der Waals surface area contributed by atoms with E-state index in [-0.39, 0.29) is 0 Å². The van der Waals surface area contributed by atoms with Crippen LogP contribution in [0.5, 0.6) is 0 Å². The SMILES string of the molecule is Cc1ccc(C(=O)N/C(=C\c2ccc(F)cc2)C(=O)[O-])cc1. The van der Waals surface area contributed by atoms with Gasteiger partial charge in [-0.1, -0.05) is 29.8 Å². The molecule has 1 N–H and O–H groups in total. The van der Waals surface area contributed by atoms with Crippen molar-refractivity contribution >= 4 is 18.0 Å². The third-order valence-corrected chi connectivity index (χ3v) is 2.96. The molecule has 0 aliphatic rings. The smallest absolute Gasteiger partial charge is 0.255 e. The maximum atomic E-state index is 12.8. The lowest BCUT2D eigenvalue weighted by Gasteiger charge is -2.11. The van der Waals surface area contributed by atoms with Crippen LogP contribution in [0.25, 0.3) is 6.08 Å². The Bertz CT molecular complexity index is 719. The highest BCUT2D eigenvalue weighted by molar-refractivity contribution is 6.02. The van der Waals surface area contributed by atoms with E-state index in [0.29, 0.717) is 11.1 Å². The highest BCUT2D eigenvalue weighted by Gasteiger charge is 2.08. The van der Waals surface area contributed by atoms with E-state index in [4.69, 9.17) is 0 Å². The second-order valence-electron chi connectivity index (χ2n) is 4.72. The minimum Gasteiger partial charge on any atom is -0.543 e. The van der Waals surface area contributed by atoms with E-state index >= 15 is 0 Å². The first kappa shape index (κ1) is 15.4. The van der Waals surface area contributed by atoms with Crippen molar-refractivity contribution in [3.63, 3.8) is 0 Å². The molecular weight excluding hydrogens is 285 g/mol. The van der Waals surface area contributed by atoms with Gasteiger partial charge in [-0.3, -0.25) is 4.79 Å². The van der Waals surface area contributed by atoms with Gasteiger partial charge in [0.2, 0.25) is 0 Å². The zero-order valence-electron chi connectivity index (χ0n) is 11.8. The quantitative estimate of drug-likeness (QED) is 0.873. The van der Waals surface area contributed by atoms with Gasteiger partial charge in [-0.25, -0.2) is 4.39 Å². The normalized spacial score (nSPS) is 11.1. The van der Waals surface area contributed by atoms with Crippen LogP contribution >= 0.6 is 0 Å². The Hall–Kier alpha value is -2.95. The van der Waals surface area contributed by atoms with Crippen molar-refractivity contribution in [1.82, 2.24) is 5.32 Å². The lowest BCUT2D eigenvalue weighted by atomic mass is 10.1. The molecule has 2 aromatic carbocycles. The zero-order chi connectivity index (χ0) is 16.1. The van der Waals surface area contributed by atoms with Crippen LogP contribution in [0.1, 0.15) is 21.5 Å². The Kier molecular flexibility index (Phi) is 4.68. The van der Waals surface area contributed by atoms with Crippen molar-refractivity contribution in [2.45, 2.75) is 6.92 Å². The highest BCUT2D eigenvalue weighted by atomic mass is 19.1. The fraction of sp³-hybridized carbons (Fsp3) is 0.0588. The first-order chi connectivity index (χ1) is 10.5. The summed E-state index contributed by atoms with van der Waals surface area (Å²) in [4.78, 5) is 23.1. The van der Waals surface area contributed by atoms with Gasteiger partial charge in [-0.2, -0.15) is 0 Å². The Balaban J connectivity index is 2.21. The van der Waals surface area contributed by atoms with Gasteiger partial charge in [0.15, 0.2) is 0 Å². The standard InChI is InChI=1S/C17H14FNO3/c1-11-2-6-13(7-3-11)16(20)19-15(17(21)22)10-12-4-8-14(18)9-5-12/h2-10H,1H3,(H,19,20)(H,21,22)/p-1/b15-10-. The summed E-state index contributed by atoms with van der Waals surface area (Å²) in [5.41, 5.74) is 1.36. The molecule has 2 aromatic rings. The minimum atomic E-state index is -1.52. The summed E-state index contributed by atoms with van der Waals surface area (Å²) < 4.78 is 12.8. The average Bonchev–Trinajstić information content (AvgIpc) is 2.49. The number of benzene rings is 2. The molecule has 0 unspecified atom stereocenters. The van der Waals surface area contributed by atoms with E-state index in [1.807, 2.05) is 6.92 Å². The number of halogens is 1. The number of carboxylic acid groups (broad SMARTS) is 1. The van der Waals surface area contributed by atoms with Crippen molar-refractivity contribution < 1.29 is 19.1 Å². The van der Waals surface area contributed by atoms with Crippen LogP contribution in [0.3, 0.4) is 0 Å². The summed E-state index contributed by atoms with van der Waals surface area (Å²) in [6.07, 6.45) is 1.21. The van der Waals surface area contributed by atoms with Crippen LogP contribution in [0.4, 0.5) is 4.39 Å². The summed E-state index contributed by atoms with van der Waals surface area (Å²) in [5, 5.41) is 13.4. The fourth-order valence-corrected chi connectivity index (χ4v) is 1.77. The number of hydrogen-bond donors (Lipinski definition) is 1. The van der Waals surface area contributed by atoms with E-state index < -0.39 is 23.4 Å². The number of aliphatic carboxylic acids is 1. The molecule has 0 saturated heterocycles. The summed E-state index contributed by atoms with van der Waals surface area (Å²) in [6.45, 7) is 1.88. The minimum absolute atomic E-state index is 0.330. The summed E-state index contributed by atoms with van der Waals surface area (Å²) >= 11 is 0. The number of aryl methyl sites for hydroxylation is 1. The van der Waals surface area contributed by atoms with Gasteiger partial charge in [0.05, 0.1) is 11.7 Å². The van der Waals surface area contributed by atoms with Gasteiger partial charge in [-0.15, -0.1) is 0 Å². The topological polar surface area (TPSA) is 69.2 Å². The summed E-state index contributed by atoms with van der Waals surface area (Å²) in [6, 6.07) is 11.9. The average molecular weight is 298 g/mol. The molecule has 0 atom stereocenters. The van der Waals surface area contributed by atoms with E-state index in [0.717, 1.165) is 5.56 Å². The Morgan fingerprint density at radius 2 is 1.64 bits per heavy atom. The number of hydrogen-bond acceptors (Lipinski definition) is 3. The largest absolute Gasteiger partial charge is 0.543 e. The summed E-state index contributed by atoms with van der Waals surface area (Å²) in [5.74, 6) is -2.52. The maximum absolute atomic E-state index is 12.8. The number of carboxylic acids is 1. The molecule has 0 fully saturated rings. The van der Waals surface area contributed by atoms with Crippen LogP contribution in [0.15, 0.2) is 54.2 Å². The monoisotopic (exact) mass is 298 g/mol. The molecule has 0 radical (unpaired) electrons. The third kappa shape index (κ3) is 4.02. The molecule has 0 saturated carbocycles. The molecule has 1 amide bonds. The molecule has 0 heterocycles. The molecule has 0 aliphatic carbocycles. The van der Waals surface area contributed by atoms with Crippen LogP contribution < -0.4 is 10.4 Å². The summed E-state index contributed by atoms with van der Waals surface area (Å²) in [7, 11) is 0. The van der Waals surface area contributed by atoms with Gasteiger partial charge < -0.3 is 15.2 Å². The number of carbonyl (C=O) groups excluding carboxylic acids is 2. The van der Waals surface area contributed by atoms with Gasteiger partial charge >= 0.3 is 0 Å². The van der Waals surface area contributed by atoms with E-state index in [9.17, 15) is 19.1 Å².